The van der Waals surface area contributed by atoms with Crippen molar-refractivity contribution in [2.45, 2.75) is 26.2 Å². The van der Waals surface area contributed by atoms with Gasteiger partial charge in [-0.25, -0.2) is 0 Å². The van der Waals surface area contributed by atoms with Crippen LogP contribution >= 0.6 is 23.2 Å². The van der Waals surface area contributed by atoms with Crippen LogP contribution in [0.2, 0.25) is 10.0 Å². The van der Waals surface area contributed by atoms with Crippen molar-refractivity contribution in [3.8, 4) is 0 Å². The lowest BCUT2D eigenvalue weighted by atomic mass is 9.71. The summed E-state index contributed by atoms with van der Waals surface area (Å²) in [4.78, 5) is 0. The van der Waals surface area contributed by atoms with Gasteiger partial charge < -0.3 is 5.32 Å². The first-order chi connectivity index (χ1) is 10.1. The van der Waals surface area contributed by atoms with Gasteiger partial charge in [-0.3, -0.25) is 0 Å². The lowest BCUT2D eigenvalue weighted by molar-refractivity contribution is 0.590. The number of hydrogen-bond acceptors (Lipinski definition) is 1. The highest BCUT2D eigenvalue weighted by atomic mass is 35.5. The number of halogens is 2. The van der Waals surface area contributed by atoms with E-state index >= 15 is 0 Å². The molecule has 2 aromatic carbocycles. The molecule has 0 unspecified atom stereocenters. The normalized spacial score (nSPS) is 11.5. The molecule has 1 N–H and O–H groups in total. The van der Waals surface area contributed by atoms with E-state index < -0.39 is 0 Å². The van der Waals surface area contributed by atoms with Crippen LogP contribution in [0, 0.1) is 0 Å². The van der Waals surface area contributed by atoms with Gasteiger partial charge in [0.1, 0.15) is 23.5 Å². The van der Waals surface area contributed by atoms with Gasteiger partial charge in [0.05, 0.1) is 15.7 Å². The molecule has 1 nitrogen and oxygen atoms in total. The maximum atomic E-state index is 6.22. The fourth-order valence-corrected chi connectivity index (χ4v) is 2.51. The second-order valence-electron chi connectivity index (χ2n) is 6.20. The van der Waals surface area contributed by atoms with E-state index in [1.54, 1.807) is 0 Å². The van der Waals surface area contributed by atoms with Crippen molar-refractivity contribution in [1.29, 1.82) is 0 Å². The van der Waals surface area contributed by atoms with Gasteiger partial charge >= 0.3 is 0 Å². The summed E-state index contributed by atoms with van der Waals surface area (Å²) in [7, 11) is 17.6. The molecule has 0 saturated carbocycles. The predicted molar refractivity (Wildman–Crippen MR) is 101 cm³/mol. The molecule has 0 aromatic heterocycles. The average molecular weight is 324 g/mol. The maximum absolute atomic E-state index is 6.22. The molecule has 0 aliphatic rings. The Morgan fingerprint density at radius 2 is 1.36 bits per heavy atom. The Kier molecular flexibility index (Phi) is 4.94. The molecule has 0 amide bonds. The molecule has 0 bridgehead atoms. The molecule has 0 fully saturated rings. The molecule has 2 rings (SSSR count). The Bertz CT molecular complexity index is 678. The largest absolute Gasteiger partial charge is 0.355 e. The summed E-state index contributed by atoms with van der Waals surface area (Å²) in [5.74, 6) is 0. The van der Waals surface area contributed by atoms with E-state index in [0.29, 0.717) is 5.69 Å². The van der Waals surface area contributed by atoms with Crippen LogP contribution in [0.1, 0.15) is 26.3 Å². The van der Waals surface area contributed by atoms with Crippen LogP contribution in [0.3, 0.4) is 0 Å². The summed E-state index contributed by atoms with van der Waals surface area (Å²) in [5.41, 5.74) is 3.31. The van der Waals surface area contributed by atoms with E-state index in [0.717, 1.165) is 5.69 Å². The Morgan fingerprint density at radius 1 is 0.818 bits per heavy atom. The fraction of sp³-hybridized carbons (Fsp3) is 0.250. The van der Waals surface area contributed by atoms with Gasteiger partial charge in [0.25, 0.3) is 0 Å². The number of rotatable bonds is 2. The summed E-state index contributed by atoms with van der Waals surface area (Å²) in [6.45, 7) is 6.47. The van der Waals surface area contributed by atoms with Gasteiger partial charge in [-0.15, -0.1) is 5.46 Å². The highest BCUT2D eigenvalue weighted by molar-refractivity contribution is 6.64. The number of benzene rings is 2. The van der Waals surface area contributed by atoms with E-state index in [4.69, 9.17) is 46.7 Å². The average Bonchev–Trinajstić information content (AvgIpc) is 2.47. The Balaban J connectivity index is 2.40. The number of anilines is 2. The van der Waals surface area contributed by atoms with Crippen molar-refractivity contribution in [2.75, 3.05) is 5.32 Å². The standard InChI is InChI=1S/C16H14B3Cl2N/c1-16(2,3)8-4-6-9(7-5-8)22-15-12(19)10(17)11(18)13(20)14(15)21/h4-7,22H,1-3H3. The highest BCUT2D eigenvalue weighted by Gasteiger charge is 2.15. The molecule has 0 atom stereocenters. The zero-order valence-electron chi connectivity index (χ0n) is 12.8. The first kappa shape index (κ1) is 17.4. The smallest absolute Gasteiger partial charge is 0.115 e. The lowest BCUT2D eigenvalue weighted by Gasteiger charge is -2.21. The second-order valence-corrected chi connectivity index (χ2v) is 6.95. The van der Waals surface area contributed by atoms with E-state index in [1.165, 1.54) is 5.56 Å². The van der Waals surface area contributed by atoms with Crippen LogP contribution in [-0.4, -0.2) is 23.5 Å². The lowest BCUT2D eigenvalue weighted by Crippen LogP contribution is -2.41. The third-order valence-electron chi connectivity index (χ3n) is 3.52. The zero-order chi connectivity index (χ0) is 16.7. The minimum atomic E-state index is 0.0874. The minimum absolute atomic E-state index is 0.0874. The molecule has 0 spiro atoms. The monoisotopic (exact) mass is 323 g/mol. The third-order valence-corrected chi connectivity index (χ3v) is 4.39. The molecular weight excluding hydrogens is 310 g/mol. The van der Waals surface area contributed by atoms with Crippen LogP contribution in [-0.2, 0) is 5.41 Å². The summed E-state index contributed by atoms with van der Waals surface area (Å²) in [6.07, 6.45) is 0. The Hall–Kier alpha value is -0.985. The SMILES string of the molecule is [B]c1c([B])c(Cl)c(Cl)c(Nc2ccc(C(C)(C)C)cc2)c1[B]. The van der Waals surface area contributed by atoms with Crippen molar-refractivity contribution in [1.82, 2.24) is 0 Å². The molecule has 0 saturated heterocycles. The van der Waals surface area contributed by atoms with Crippen molar-refractivity contribution >= 4 is 74.5 Å². The van der Waals surface area contributed by atoms with Gasteiger partial charge in [-0.05, 0) is 23.1 Å². The highest BCUT2D eigenvalue weighted by Crippen LogP contribution is 2.29. The second kappa shape index (κ2) is 6.25. The van der Waals surface area contributed by atoms with E-state index in [2.05, 4.69) is 38.2 Å². The maximum Gasteiger partial charge on any atom is 0.115 e. The third kappa shape index (κ3) is 3.34. The fourth-order valence-electron chi connectivity index (χ4n) is 2.06. The van der Waals surface area contributed by atoms with Crippen molar-refractivity contribution < 1.29 is 0 Å². The Labute approximate surface area is 146 Å². The molecule has 2 aromatic rings. The van der Waals surface area contributed by atoms with Crippen LogP contribution in [0.25, 0.3) is 0 Å². The van der Waals surface area contributed by atoms with Gasteiger partial charge in [0.15, 0.2) is 0 Å². The quantitative estimate of drug-likeness (QED) is 0.837. The van der Waals surface area contributed by atoms with E-state index in [1.807, 2.05) is 12.1 Å². The summed E-state index contributed by atoms with van der Waals surface area (Å²) in [6, 6.07) is 8.01. The van der Waals surface area contributed by atoms with Crippen molar-refractivity contribution in [3.63, 3.8) is 0 Å². The molecule has 0 aliphatic heterocycles. The zero-order valence-corrected chi connectivity index (χ0v) is 14.3. The van der Waals surface area contributed by atoms with Crippen LogP contribution in [0.15, 0.2) is 24.3 Å². The van der Waals surface area contributed by atoms with E-state index in [9.17, 15) is 0 Å². The topological polar surface area (TPSA) is 12.0 Å². The molecule has 22 heavy (non-hydrogen) atoms. The van der Waals surface area contributed by atoms with E-state index in [-0.39, 0.29) is 31.8 Å². The first-order valence-corrected chi connectivity index (χ1v) is 7.57. The molecular formula is C16H14B3Cl2N. The van der Waals surface area contributed by atoms with Crippen molar-refractivity contribution in [2.24, 2.45) is 0 Å². The van der Waals surface area contributed by atoms with Crippen LogP contribution in [0.5, 0.6) is 0 Å². The summed E-state index contributed by atoms with van der Waals surface area (Å²) >= 11 is 12.3. The van der Waals surface area contributed by atoms with Crippen molar-refractivity contribution in [3.05, 3.63) is 39.9 Å². The Morgan fingerprint density at radius 3 is 1.86 bits per heavy atom. The van der Waals surface area contributed by atoms with Crippen LogP contribution < -0.4 is 21.7 Å². The molecule has 0 aliphatic carbocycles. The van der Waals surface area contributed by atoms with Crippen LogP contribution in [0.4, 0.5) is 11.4 Å². The molecule has 6 heteroatoms. The summed E-state index contributed by atoms with van der Waals surface area (Å²) < 4.78 is 0. The van der Waals surface area contributed by atoms with Gasteiger partial charge in [0.2, 0.25) is 0 Å². The first-order valence-electron chi connectivity index (χ1n) is 6.82. The molecule has 6 radical (unpaired) electrons. The van der Waals surface area contributed by atoms with Gasteiger partial charge in [-0.1, -0.05) is 67.0 Å². The number of nitrogens with one attached hydrogen (secondary N) is 1. The van der Waals surface area contributed by atoms with Gasteiger partial charge in [0, 0.05) is 5.69 Å². The molecule has 106 valence electrons. The predicted octanol–water partition coefficient (Wildman–Crippen LogP) is 2.42. The molecule has 0 heterocycles. The van der Waals surface area contributed by atoms with Gasteiger partial charge in [-0.2, -0.15) is 0 Å². The minimum Gasteiger partial charge on any atom is -0.355 e. The summed E-state index contributed by atoms with van der Waals surface area (Å²) in [5, 5.41) is 3.60. The number of hydrogen-bond donors (Lipinski definition) is 1.